The summed E-state index contributed by atoms with van der Waals surface area (Å²) in [5.41, 5.74) is 1.78. The zero-order valence-corrected chi connectivity index (χ0v) is 12.2. The minimum atomic E-state index is -0.602. The number of nitrogens with zero attached hydrogens (tertiary/aromatic N) is 1. The maximum atomic E-state index is 11.7. The topological polar surface area (TPSA) is 79.2 Å². The van der Waals surface area contributed by atoms with Gasteiger partial charge in [-0.3, -0.25) is 4.79 Å². The summed E-state index contributed by atoms with van der Waals surface area (Å²) in [5.74, 6) is -1.07. The van der Waals surface area contributed by atoms with Crippen LogP contribution in [-0.2, 0) is 14.3 Å². The molecule has 2 aromatic carbocycles. The molecule has 1 amide bonds. The van der Waals surface area contributed by atoms with Crippen molar-refractivity contribution in [3.8, 4) is 6.07 Å². The quantitative estimate of drug-likeness (QED) is 0.680. The molecular formula is C18H14N2O3. The summed E-state index contributed by atoms with van der Waals surface area (Å²) in [5, 5.41) is 11.3. The Bertz CT molecular complexity index is 761. The molecule has 1 N–H and O–H groups in total. The van der Waals surface area contributed by atoms with E-state index < -0.39 is 18.5 Å². The normalized spacial score (nSPS) is 10.0. The third-order valence-electron chi connectivity index (χ3n) is 2.83. The van der Waals surface area contributed by atoms with E-state index in [-0.39, 0.29) is 0 Å². The molecule has 5 heteroatoms. The first-order valence-corrected chi connectivity index (χ1v) is 6.87. The van der Waals surface area contributed by atoms with Crippen LogP contribution < -0.4 is 5.32 Å². The van der Waals surface area contributed by atoms with Crippen molar-refractivity contribution < 1.29 is 14.3 Å². The third-order valence-corrected chi connectivity index (χ3v) is 2.83. The Morgan fingerprint density at radius 1 is 1.13 bits per heavy atom. The Morgan fingerprint density at radius 2 is 1.91 bits per heavy atom. The lowest BCUT2D eigenvalue weighted by atomic mass is 10.2. The van der Waals surface area contributed by atoms with Gasteiger partial charge in [-0.2, -0.15) is 5.26 Å². The predicted molar refractivity (Wildman–Crippen MR) is 86.2 cm³/mol. The monoisotopic (exact) mass is 306 g/mol. The number of carbonyl (C=O) groups excluding carboxylic acids is 2. The van der Waals surface area contributed by atoms with Gasteiger partial charge in [-0.15, -0.1) is 0 Å². The fourth-order valence-electron chi connectivity index (χ4n) is 1.78. The van der Waals surface area contributed by atoms with Crippen molar-refractivity contribution in [1.29, 1.82) is 5.26 Å². The average Bonchev–Trinajstić information content (AvgIpc) is 2.59. The lowest BCUT2D eigenvalue weighted by Gasteiger charge is -2.05. The Kier molecular flexibility index (Phi) is 5.67. The van der Waals surface area contributed by atoms with Crippen LogP contribution >= 0.6 is 0 Å². The predicted octanol–water partition coefficient (Wildman–Crippen LogP) is 2.75. The highest BCUT2D eigenvalue weighted by Crippen LogP contribution is 2.09. The molecule has 2 rings (SSSR count). The van der Waals surface area contributed by atoms with Gasteiger partial charge in [-0.05, 0) is 29.8 Å². The third kappa shape index (κ3) is 5.48. The second-order valence-electron chi connectivity index (χ2n) is 4.59. The van der Waals surface area contributed by atoms with Gasteiger partial charge < -0.3 is 10.1 Å². The van der Waals surface area contributed by atoms with Crippen LogP contribution in [0.25, 0.3) is 6.08 Å². The van der Waals surface area contributed by atoms with E-state index in [0.29, 0.717) is 11.3 Å². The highest BCUT2D eigenvalue weighted by molar-refractivity contribution is 5.94. The standard InChI is InChI=1S/C18H14N2O3/c19-12-15-7-4-8-16(11-15)20-17(21)13-23-18(22)10-9-14-5-2-1-3-6-14/h1-11H,13H2,(H,20,21). The van der Waals surface area contributed by atoms with Crippen LogP contribution in [0.2, 0.25) is 0 Å². The fourth-order valence-corrected chi connectivity index (χ4v) is 1.78. The first kappa shape index (κ1) is 16.0. The summed E-state index contributed by atoms with van der Waals surface area (Å²) in [6, 6.07) is 17.7. The van der Waals surface area contributed by atoms with Crippen molar-refractivity contribution in [2.24, 2.45) is 0 Å². The molecule has 23 heavy (non-hydrogen) atoms. The largest absolute Gasteiger partial charge is 0.452 e. The van der Waals surface area contributed by atoms with Crippen molar-refractivity contribution in [1.82, 2.24) is 0 Å². The van der Waals surface area contributed by atoms with Gasteiger partial charge in [0.05, 0.1) is 11.6 Å². The van der Waals surface area contributed by atoms with E-state index in [1.807, 2.05) is 36.4 Å². The number of nitrogens with one attached hydrogen (secondary N) is 1. The van der Waals surface area contributed by atoms with Gasteiger partial charge in [0.2, 0.25) is 0 Å². The number of anilines is 1. The molecule has 0 bridgehead atoms. The van der Waals surface area contributed by atoms with Gasteiger partial charge in [0.15, 0.2) is 6.61 Å². The maximum Gasteiger partial charge on any atom is 0.331 e. The molecule has 0 radical (unpaired) electrons. The van der Waals surface area contributed by atoms with Crippen LogP contribution in [0.15, 0.2) is 60.7 Å². The minimum Gasteiger partial charge on any atom is -0.452 e. The Morgan fingerprint density at radius 3 is 2.65 bits per heavy atom. The summed E-state index contributed by atoms with van der Waals surface area (Å²) in [4.78, 5) is 23.2. The Hall–Kier alpha value is -3.39. The number of rotatable bonds is 5. The van der Waals surface area contributed by atoms with Crippen LogP contribution in [-0.4, -0.2) is 18.5 Å². The first-order chi connectivity index (χ1) is 11.2. The Balaban J connectivity index is 1.81. The number of nitriles is 1. The molecule has 0 unspecified atom stereocenters. The van der Waals surface area contributed by atoms with Crippen molar-refractivity contribution >= 4 is 23.6 Å². The summed E-state index contributed by atoms with van der Waals surface area (Å²) in [7, 11) is 0. The maximum absolute atomic E-state index is 11.7. The van der Waals surface area contributed by atoms with Crippen molar-refractivity contribution in [2.75, 3.05) is 11.9 Å². The molecule has 0 saturated carbocycles. The molecule has 0 saturated heterocycles. The SMILES string of the molecule is N#Cc1cccc(NC(=O)COC(=O)C=Cc2ccccc2)c1. The highest BCUT2D eigenvalue weighted by Gasteiger charge is 2.06. The van der Waals surface area contributed by atoms with E-state index in [1.54, 1.807) is 24.3 Å². The van der Waals surface area contributed by atoms with Gasteiger partial charge >= 0.3 is 5.97 Å². The molecule has 0 aliphatic rings. The summed E-state index contributed by atoms with van der Waals surface area (Å²) in [6.07, 6.45) is 2.87. The molecule has 0 atom stereocenters. The number of carbonyl (C=O) groups is 2. The average molecular weight is 306 g/mol. The summed E-state index contributed by atoms with van der Waals surface area (Å²) < 4.78 is 4.85. The summed E-state index contributed by atoms with van der Waals surface area (Å²) >= 11 is 0. The van der Waals surface area contributed by atoms with E-state index in [4.69, 9.17) is 10.00 Å². The first-order valence-electron chi connectivity index (χ1n) is 6.87. The molecule has 0 spiro atoms. The van der Waals surface area contributed by atoms with E-state index >= 15 is 0 Å². The lowest BCUT2D eigenvalue weighted by Crippen LogP contribution is -2.20. The number of esters is 1. The zero-order valence-electron chi connectivity index (χ0n) is 12.2. The van der Waals surface area contributed by atoms with Crippen molar-refractivity contribution in [3.05, 3.63) is 71.8 Å². The Labute approximate surface area is 133 Å². The molecule has 114 valence electrons. The fraction of sp³-hybridized carbons (Fsp3) is 0.0556. The van der Waals surface area contributed by atoms with Crippen LogP contribution in [0.5, 0.6) is 0 Å². The van der Waals surface area contributed by atoms with E-state index in [0.717, 1.165) is 5.56 Å². The van der Waals surface area contributed by atoms with Gasteiger partial charge in [0.25, 0.3) is 5.91 Å². The van der Waals surface area contributed by atoms with E-state index in [2.05, 4.69) is 5.32 Å². The number of benzene rings is 2. The number of amides is 1. The van der Waals surface area contributed by atoms with Crippen LogP contribution in [0.4, 0.5) is 5.69 Å². The molecule has 0 aliphatic heterocycles. The van der Waals surface area contributed by atoms with Gasteiger partial charge in [-0.1, -0.05) is 36.4 Å². The molecular weight excluding hydrogens is 292 g/mol. The van der Waals surface area contributed by atoms with E-state index in [9.17, 15) is 9.59 Å². The van der Waals surface area contributed by atoms with Crippen LogP contribution in [0.1, 0.15) is 11.1 Å². The zero-order chi connectivity index (χ0) is 16.5. The lowest BCUT2D eigenvalue weighted by molar-refractivity contribution is -0.142. The molecule has 0 aliphatic carbocycles. The number of ether oxygens (including phenoxy) is 1. The second-order valence-corrected chi connectivity index (χ2v) is 4.59. The molecule has 2 aromatic rings. The van der Waals surface area contributed by atoms with Crippen molar-refractivity contribution in [2.45, 2.75) is 0 Å². The number of hydrogen-bond donors (Lipinski definition) is 1. The van der Waals surface area contributed by atoms with Gasteiger partial charge in [-0.25, -0.2) is 4.79 Å². The second kappa shape index (κ2) is 8.15. The minimum absolute atomic E-state index is 0.394. The number of hydrogen-bond acceptors (Lipinski definition) is 4. The molecule has 0 fully saturated rings. The van der Waals surface area contributed by atoms with Crippen molar-refractivity contribution in [3.63, 3.8) is 0 Å². The van der Waals surface area contributed by atoms with Gasteiger partial charge in [0, 0.05) is 11.8 Å². The highest BCUT2D eigenvalue weighted by atomic mass is 16.5. The van der Waals surface area contributed by atoms with Gasteiger partial charge in [0.1, 0.15) is 0 Å². The van der Waals surface area contributed by atoms with Crippen LogP contribution in [0.3, 0.4) is 0 Å². The molecule has 5 nitrogen and oxygen atoms in total. The smallest absolute Gasteiger partial charge is 0.331 e. The van der Waals surface area contributed by atoms with E-state index in [1.165, 1.54) is 12.1 Å². The molecule has 0 heterocycles. The van der Waals surface area contributed by atoms with Crippen LogP contribution in [0, 0.1) is 11.3 Å². The molecule has 0 aromatic heterocycles. The summed E-state index contributed by atoms with van der Waals surface area (Å²) in [6.45, 7) is -0.394.